The maximum Gasteiger partial charge on any atom is 0.407 e. The number of nitrogens with zero attached hydrogens (tertiary/aromatic N) is 2. The van der Waals surface area contributed by atoms with Crippen LogP contribution in [-0.4, -0.2) is 68.0 Å². The van der Waals surface area contributed by atoms with Crippen molar-refractivity contribution in [3.63, 3.8) is 0 Å². The van der Waals surface area contributed by atoms with Gasteiger partial charge in [0.25, 0.3) is 0 Å². The van der Waals surface area contributed by atoms with Gasteiger partial charge in [-0.25, -0.2) is 4.79 Å². The molecule has 7 heteroatoms. The summed E-state index contributed by atoms with van der Waals surface area (Å²) in [7, 11) is 1.82. The minimum atomic E-state index is -0.481. The molecule has 2 aliphatic rings. The SMILES string of the molecule is CN=C(NCC1CCCOC1C(C)(C)C)N1CCC(NC(=O)OC(C)(C)C)C1. The van der Waals surface area contributed by atoms with Gasteiger partial charge in [-0.2, -0.15) is 0 Å². The van der Waals surface area contributed by atoms with E-state index in [2.05, 4.69) is 41.3 Å². The fourth-order valence-electron chi connectivity index (χ4n) is 4.11. The normalized spacial score (nSPS) is 26.9. The van der Waals surface area contributed by atoms with Crippen LogP contribution in [0.3, 0.4) is 0 Å². The van der Waals surface area contributed by atoms with Crippen molar-refractivity contribution in [2.75, 3.05) is 33.3 Å². The van der Waals surface area contributed by atoms with Crippen LogP contribution in [0.15, 0.2) is 4.99 Å². The molecule has 0 spiro atoms. The Labute approximate surface area is 170 Å². The first-order chi connectivity index (χ1) is 13.0. The van der Waals surface area contributed by atoms with E-state index in [0.29, 0.717) is 5.92 Å². The monoisotopic (exact) mass is 396 g/mol. The van der Waals surface area contributed by atoms with Crippen LogP contribution >= 0.6 is 0 Å². The molecule has 2 heterocycles. The lowest BCUT2D eigenvalue weighted by Crippen LogP contribution is -2.49. The van der Waals surface area contributed by atoms with Gasteiger partial charge in [-0.05, 0) is 45.4 Å². The van der Waals surface area contributed by atoms with Crippen molar-refractivity contribution in [3.8, 4) is 0 Å². The second-order valence-corrected chi connectivity index (χ2v) is 10.1. The predicted molar refractivity (Wildman–Crippen MR) is 113 cm³/mol. The van der Waals surface area contributed by atoms with Crippen molar-refractivity contribution >= 4 is 12.1 Å². The first-order valence-electron chi connectivity index (χ1n) is 10.6. The number of likely N-dealkylation sites (tertiary alicyclic amines) is 1. The average Bonchev–Trinajstić information content (AvgIpc) is 3.01. The summed E-state index contributed by atoms with van der Waals surface area (Å²) >= 11 is 0. The van der Waals surface area contributed by atoms with Crippen LogP contribution in [0.2, 0.25) is 0 Å². The van der Waals surface area contributed by atoms with Gasteiger partial charge in [-0.3, -0.25) is 4.99 Å². The van der Waals surface area contributed by atoms with E-state index in [4.69, 9.17) is 9.47 Å². The summed E-state index contributed by atoms with van der Waals surface area (Å²) in [5.41, 5.74) is -0.349. The fraction of sp³-hybridized carbons (Fsp3) is 0.905. The summed E-state index contributed by atoms with van der Waals surface area (Å²) in [5, 5.41) is 6.52. The number of ether oxygens (including phenoxy) is 2. The van der Waals surface area contributed by atoms with E-state index in [1.165, 1.54) is 6.42 Å². The fourth-order valence-corrected chi connectivity index (χ4v) is 4.11. The maximum absolute atomic E-state index is 12.0. The van der Waals surface area contributed by atoms with Crippen molar-refractivity contribution in [2.45, 2.75) is 78.6 Å². The number of guanidine groups is 1. The number of alkyl carbamates (subject to hydrolysis) is 1. The topological polar surface area (TPSA) is 75.2 Å². The highest BCUT2D eigenvalue weighted by atomic mass is 16.6. The standard InChI is InChI=1S/C21H40N4O3/c1-20(2,3)17-15(9-8-12-27-17)13-23-18(22-7)25-11-10-16(14-25)24-19(26)28-21(4,5)6/h15-17H,8-14H2,1-7H3,(H,22,23)(H,24,26). The van der Waals surface area contributed by atoms with Gasteiger partial charge in [0, 0.05) is 39.2 Å². The Morgan fingerprint density at radius 1 is 1.21 bits per heavy atom. The third kappa shape index (κ3) is 6.83. The Hall–Kier alpha value is -1.50. The van der Waals surface area contributed by atoms with Crippen LogP contribution in [0.4, 0.5) is 4.79 Å². The number of hydrogen-bond donors (Lipinski definition) is 2. The lowest BCUT2D eigenvalue weighted by atomic mass is 9.78. The largest absolute Gasteiger partial charge is 0.444 e. The molecule has 0 radical (unpaired) electrons. The number of rotatable bonds is 3. The minimum Gasteiger partial charge on any atom is -0.444 e. The lowest BCUT2D eigenvalue weighted by molar-refractivity contribution is -0.0836. The molecular formula is C21H40N4O3. The van der Waals surface area contributed by atoms with Gasteiger partial charge < -0.3 is 25.0 Å². The van der Waals surface area contributed by atoms with Gasteiger partial charge in [0.2, 0.25) is 0 Å². The molecule has 2 N–H and O–H groups in total. The van der Waals surface area contributed by atoms with Crippen molar-refractivity contribution < 1.29 is 14.3 Å². The Balaban J connectivity index is 1.84. The van der Waals surface area contributed by atoms with Gasteiger partial charge in [-0.1, -0.05) is 20.8 Å². The minimum absolute atomic E-state index is 0.0775. The third-order valence-corrected chi connectivity index (χ3v) is 5.24. The molecule has 1 amide bonds. The van der Waals surface area contributed by atoms with Crippen molar-refractivity contribution in [2.24, 2.45) is 16.3 Å². The van der Waals surface area contributed by atoms with Crippen molar-refractivity contribution in [3.05, 3.63) is 0 Å². The van der Waals surface area contributed by atoms with E-state index >= 15 is 0 Å². The van der Waals surface area contributed by atoms with Gasteiger partial charge in [-0.15, -0.1) is 0 Å². The highest BCUT2D eigenvalue weighted by Crippen LogP contribution is 2.33. The zero-order chi connectivity index (χ0) is 20.9. The summed E-state index contributed by atoms with van der Waals surface area (Å²) < 4.78 is 11.5. The van der Waals surface area contributed by atoms with Crippen LogP contribution < -0.4 is 10.6 Å². The Bertz CT molecular complexity index is 551. The summed E-state index contributed by atoms with van der Waals surface area (Å²) in [6, 6.07) is 0.0775. The molecule has 0 aromatic rings. The van der Waals surface area contributed by atoms with E-state index < -0.39 is 5.60 Å². The molecule has 0 aromatic carbocycles. The number of nitrogens with one attached hydrogen (secondary N) is 2. The zero-order valence-corrected chi connectivity index (χ0v) is 18.8. The summed E-state index contributed by atoms with van der Waals surface area (Å²) in [6.45, 7) is 15.7. The maximum atomic E-state index is 12.0. The first-order valence-corrected chi connectivity index (χ1v) is 10.6. The van der Waals surface area contributed by atoms with E-state index in [1.807, 2.05) is 27.8 Å². The molecule has 2 rings (SSSR count). The van der Waals surface area contributed by atoms with Crippen LogP contribution in [0, 0.1) is 11.3 Å². The van der Waals surface area contributed by atoms with Crippen LogP contribution in [0.25, 0.3) is 0 Å². The molecule has 2 fully saturated rings. The molecule has 7 nitrogen and oxygen atoms in total. The molecule has 2 aliphatic heterocycles. The highest BCUT2D eigenvalue weighted by molar-refractivity contribution is 5.80. The van der Waals surface area contributed by atoms with Gasteiger partial charge in [0.15, 0.2) is 5.96 Å². The summed E-state index contributed by atoms with van der Waals surface area (Å²) in [6.07, 6.45) is 3.08. The smallest absolute Gasteiger partial charge is 0.407 e. The Morgan fingerprint density at radius 2 is 1.93 bits per heavy atom. The third-order valence-electron chi connectivity index (χ3n) is 5.24. The number of carbonyl (C=O) groups is 1. The number of aliphatic imine (C=N–C) groups is 1. The molecule has 28 heavy (non-hydrogen) atoms. The highest BCUT2D eigenvalue weighted by Gasteiger charge is 2.36. The van der Waals surface area contributed by atoms with Crippen LogP contribution in [-0.2, 0) is 9.47 Å². The van der Waals surface area contributed by atoms with E-state index in [9.17, 15) is 4.79 Å². The van der Waals surface area contributed by atoms with Gasteiger partial charge in [0.1, 0.15) is 5.60 Å². The molecule has 3 atom stereocenters. The first kappa shape index (κ1) is 22.8. The molecular weight excluding hydrogens is 356 g/mol. The van der Waals surface area contributed by atoms with Crippen molar-refractivity contribution in [1.82, 2.24) is 15.5 Å². The van der Waals surface area contributed by atoms with E-state index in [0.717, 1.165) is 45.0 Å². The number of hydrogen-bond acceptors (Lipinski definition) is 4. The van der Waals surface area contributed by atoms with Crippen LogP contribution in [0.5, 0.6) is 0 Å². The van der Waals surface area contributed by atoms with Gasteiger partial charge >= 0.3 is 6.09 Å². The molecule has 162 valence electrons. The molecule has 0 saturated carbocycles. The van der Waals surface area contributed by atoms with Crippen molar-refractivity contribution in [1.29, 1.82) is 0 Å². The number of carbonyl (C=O) groups excluding carboxylic acids is 1. The Morgan fingerprint density at radius 3 is 2.54 bits per heavy atom. The molecule has 2 saturated heterocycles. The second kappa shape index (κ2) is 9.33. The second-order valence-electron chi connectivity index (χ2n) is 10.1. The molecule has 0 aromatic heterocycles. The molecule has 3 unspecified atom stereocenters. The predicted octanol–water partition coefficient (Wildman–Crippen LogP) is 3.00. The molecule has 0 bridgehead atoms. The van der Waals surface area contributed by atoms with Crippen LogP contribution in [0.1, 0.15) is 60.8 Å². The number of amides is 1. The lowest BCUT2D eigenvalue weighted by Gasteiger charge is -2.40. The summed E-state index contributed by atoms with van der Waals surface area (Å²) in [4.78, 5) is 18.7. The zero-order valence-electron chi connectivity index (χ0n) is 18.8. The molecule has 0 aliphatic carbocycles. The van der Waals surface area contributed by atoms with E-state index in [-0.39, 0.29) is 23.7 Å². The average molecular weight is 397 g/mol. The summed E-state index contributed by atoms with van der Waals surface area (Å²) in [5.74, 6) is 1.37. The van der Waals surface area contributed by atoms with E-state index in [1.54, 1.807) is 0 Å². The van der Waals surface area contributed by atoms with Gasteiger partial charge in [0.05, 0.1) is 12.1 Å². The Kier molecular flexibility index (Phi) is 7.59. The quantitative estimate of drug-likeness (QED) is 0.567.